The monoisotopic (exact) mass is 250 g/mol. The van der Waals surface area contributed by atoms with Crippen molar-refractivity contribution in [1.29, 1.82) is 0 Å². The molecule has 0 spiro atoms. The summed E-state index contributed by atoms with van der Waals surface area (Å²) in [5.41, 5.74) is 4.39. The Labute approximate surface area is 100 Å². The van der Waals surface area contributed by atoms with E-state index in [0.29, 0.717) is 0 Å². The molecule has 0 atom stereocenters. The van der Waals surface area contributed by atoms with Gasteiger partial charge in [-0.05, 0) is 6.92 Å². The smallest absolute Gasteiger partial charge is 0.345 e. The number of hydrogen-bond acceptors (Lipinski definition) is 5. The lowest BCUT2D eigenvalue weighted by molar-refractivity contribution is 0.0523. The van der Waals surface area contributed by atoms with E-state index in [4.69, 9.17) is 10.5 Å². The molecule has 2 aromatic heterocycles. The van der Waals surface area contributed by atoms with E-state index in [1.54, 1.807) is 6.92 Å². The predicted octanol–water partition coefficient (Wildman–Crippen LogP) is -0.702. The molecule has 2 heterocycles. The summed E-state index contributed by atoms with van der Waals surface area (Å²) >= 11 is 0. The van der Waals surface area contributed by atoms with Crippen LogP contribution in [0.3, 0.4) is 0 Å². The molecular weight excluding hydrogens is 240 g/mol. The molecule has 8 heteroatoms. The number of esters is 1. The lowest BCUT2D eigenvalue weighted by atomic mass is 10.3. The van der Waals surface area contributed by atoms with Gasteiger partial charge in [0.2, 0.25) is 0 Å². The maximum absolute atomic E-state index is 11.9. The van der Waals surface area contributed by atoms with Crippen molar-refractivity contribution in [3.63, 3.8) is 0 Å². The van der Waals surface area contributed by atoms with Crippen molar-refractivity contribution in [3.05, 3.63) is 33.9 Å². The van der Waals surface area contributed by atoms with Crippen LogP contribution in [0.4, 0.5) is 0 Å². The molecule has 0 aliphatic heterocycles. The number of carbonyl (C=O) groups excluding carboxylic acids is 2. The summed E-state index contributed by atoms with van der Waals surface area (Å²) in [5, 5.41) is 2.51. The molecule has 0 saturated carbocycles. The molecule has 0 radical (unpaired) electrons. The molecule has 0 saturated heterocycles. The third-order valence-corrected chi connectivity index (χ3v) is 2.30. The van der Waals surface area contributed by atoms with Crippen LogP contribution in [0.25, 0.3) is 5.65 Å². The molecule has 8 nitrogen and oxygen atoms in total. The number of hydrogen-bond donors (Lipinski definition) is 2. The van der Waals surface area contributed by atoms with Crippen molar-refractivity contribution in [2.45, 2.75) is 6.92 Å². The highest BCUT2D eigenvalue weighted by atomic mass is 16.5. The number of H-pyrrole nitrogens is 1. The van der Waals surface area contributed by atoms with Crippen molar-refractivity contribution in [1.82, 2.24) is 14.6 Å². The van der Waals surface area contributed by atoms with Gasteiger partial charge in [-0.3, -0.25) is 14.7 Å². The normalized spacial score (nSPS) is 10.5. The Hall–Kier alpha value is -2.64. The third-order valence-electron chi connectivity index (χ3n) is 2.30. The van der Waals surface area contributed by atoms with E-state index < -0.39 is 17.4 Å². The Kier molecular flexibility index (Phi) is 2.84. The average Bonchev–Trinajstić information content (AvgIpc) is 2.74. The first-order valence-electron chi connectivity index (χ1n) is 5.12. The largest absolute Gasteiger partial charge is 0.462 e. The lowest BCUT2D eigenvalue weighted by Gasteiger charge is -2.01. The van der Waals surface area contributed by atoms with E-state index in [2.05, 4.69) is 10.1 Å². The van der Waals surface area contributed by atoms with Crippen LogP contribution in [0.1, 0.15) is 27.6 Å². The fourth-order valence-corrected chi connectivity index (χ4v) is 1.49. The van der Waals surface area contributed by atoms with E-state index in [1.807, 2.05) is 0 Å². The molecule has 0 aromatic carbocycles. The summed E-state index contributed by atoms with van der Waals surface area (Å²) in [5.74, 6) is -1.48. The number of aromatic nitrogens is 3. The highest BCUT2D eigenvalue weighted by Gasteiger charge is 2.18. The maximum atomic E-state index is 11.9. The van der Waals surface area contributed by atoms with Crippen LogP contribution >= 0.6 is 0 Å². The summed E-state index contributed by atoms with van der Waals surface area (Å²) in [6, 6.07) is 0. The summed E-state index contributed by atoms with van der Waals surface area (Å²) in [7, 11) is 0. The summed E-state index contributed by atoms with van der Waals surface area (Å²) in [6.45, 7) is 1.78. The molecule has 3 N–H and O–H groups in total. The zero-order valence-electron chi connectivity index (χ0n) is 9.47. The zero-order valence-corrected chi connectivity index (χ0v) is 9.47. The van der Waals surface area contributed by atoms with Crippen molar-refractivity contribution >= 4 is 17.5 Å². The molecule has 1 amide bonds. The second kappa shape index (κ2) is 4.32. The fourth-order valence-electron chi connectivity index (χ4n) is 1.49. The standard InChI is InChI=1S/C10H10N4O4/c1-2-18-10(17)6-3-12-8-5(7(11)15)4-13-14(8)9(6)16/h3-4,13H,2H2,1H3,(H2,11,15). The van der Waals surface area contributed by atoms with Gasteiger partial charge >= 0.3 is 5.97 Å². The molecular formula is C10H10N4O4. The van der Waals surface area contributed by atoms with Crippen molar-refractivity contribution in [3.8, 4) is 0 Å². The SMILES string of the molecule is CCOC(=O)c1cnc2c(C(N)=O)c[nH]n2c1=O. The summed E-state index contributed by atoms with van der Waals surface area (Å²) in [6.07, 6.45) is 2.32. The van der Waals surface area contributed by atoms with Crippen LogP contribution < -0.4 is 11.3 Å². The summed E-state index contributed by atoms with van der Waals surface area (Å²) < 4.78 is 5.68. The Bertz CT molecular complexity index is 685. The molecule has 2 aromatic rings. The van der Waals surface area contributed by atoms with E-state index >= 15 is 0 Å². The molecule has 0 unspecified atom stereocenters. The Morgan fingerprint density at radius 1 is 1.50 bits per heavy atom. The first-order valence-corrected chi connectivity index (χ1v) is 5.12. The van der Waals surface area contributed by atoms with Crippen molar-refractivity contribution in [2.75, 3.05) is 6.61 Å². The number of aromatic amines is 1. The number of rotatable bonds is 3. The minimum Gasteiger partial charge on any atom is -0.462 e. The second-order valence-corrected chi connectivity index (χ2v) is 3.41. The maximum Gasteiger partial charge on any atom is 0.345 e. The number of fused-ring (bicyclic) bond motifs is 1. The van der Waals surface area contributed by atoms with Gasteiger partial charge in [0.15, 0.2) is 5.65 Å². The van der Waals surface area contributed by atoms with Gasteiger partial charge in [-0.15, -0.1) is 0 Å². The number of nitrogens with two attached hydrogens (primary N) is 1. The summed E-state index contributed by atoms with van der Waals surface area (Å²) in [4.78, 5) is 38.3. The number of nitrogens with one attached hydrogen (secondary N) is 1. The van der Waals surface area contributed by atoms with Crippen LogP contribution in [0.2, 0.25) is 0 Å². The van der Waals surface area contributed by atoms with Crippen LogP contribution in [-0.4, -0.2) is 33.1 Å². The fraction of sp³-hybridized carbons (Fsp3) is 0.200. The molecule has 94 valence electrons. The van der Waals surface area contributed by atoms with Gasteiger partial charge in [0.1, 0.15) is 11.1 Å². The van der Waals surface area contributed by atoms with Gasteiger partial charge in [0.25, 0.3) is 11.5 Å². The van der Waals surface area contributed by atoms with Gasteiger partial charge in [0.05, 0.1) is 6.61 Å². The van der Waals surface area contributed by atoms with Gasteiger partial charge in [-0.25, -0.2) is 14.3 Å². The average molecular weight is 250 g/mol. The Morgan fingerprint density at radius 3 is 2.83 bits per heavy atom. The van der Waals surface area contributed by atoms with E-state index in [1.165, 1.54) is 6.20 Å². The number of amides is 1. The second-order valence-electron chi connectivity index (χ2n) is 3.41. The minimum absolute atomic E-state index is 0.0700. The first-order chi connectivity index (χ1) is 8.56. The lowest BCUT2D eigenvalue weighted by Crippen LogP contribution is -2.25. The van der Waals surface area contributed by atoms with Gasteiger partial charge in [-0.1, -0.05) is 0 Å². The highest BCUT2D eigenvalue weighted by Crippen LogP contribution is 2.05. The number of ether oxygens (including phenoxy) is 1. The van der Waals surface area contributed by atoms with Crippen molar-refractivity contribution < 1.29 is 14.3 Å². The molecule has 0 fully saturated rings. The van der Waals surface area contributed by atoms with Gasteiger partial charge < -0.3 is 10.5 Å². The molecule has 18 heavy (non-hydrogen) atoms. The van der Waals surface area contributed by atoms with Crippen LogP contribution in [0.5, 0.6) is 0 Å². The van der Waals surface area contributed by atoms with Crippen LogP contribution in [0.15, 0.2) is 17.2 Å². The quantitative estimate of drug-likeness (QED) is 0.698. The topological polar surface area (TPSA) is 120 Å². The van der Waals surface area contributed by atoms with Gasteiger partial charge in [0, 0.05) is 12.4 Å². The molecule has 0 aliphatic rings. The number of carbonyl (C=O) groups is 2. The van der Waals surface area contributed by atoms with Crippen LogP contribution in [0, 0.1) is 0 Å². The molecule has 0 aliphatic carbocycles. The van der Waals surface area contributed by atoms with E-state index in [-0.39, 0.29) is 23.4 Å². The Balaban J connectivity index is 2.63. The van der Waals surface area contributed by atoms with E-state index in [0.717, 1.165) is 10.7 Å². The third kappa shape index (κ3) is 1.73. The highest BCUT2D eigenvalue weighted by molar-refractivity contribution is 5.98. The molecule has 2 rings (SSSR count). The minimum atomic E-state index is -0.764. The van der Waals surface area contributed by atoms with E-state index in [9.17, 15) is 14.4 Å². The van der Waals surface area contributed by atoms with Crippen molar-refractivity contribution in [2.24, 2.45) is 5.73 Å². The Morgan fingerprint density at radius 2 is 2.22 bits per heavy atom. The first kappa shape index (κ1) is 11.8. The molecule has 0 bridgehead atoms. The predicted molar refractivity (Wildman–Crippen MR) is 60.3 cm³/mol. The number of primary amides is 1. The zero-order chi connectivity index (χ0) is 13.3. The van der Waals surface area contributed by atoms with Gasteiger partial charge in [-0.2, -0.15) is 0 Å². The number of nitrogens with zero attached hydrogens (tertiary/aromatic N) is 2. The van der Waals surface area contributed by atoms with Crippen LogP contribution in [-0.2, 0) is 4.74 Å².